The summed E-state index contributed by atoms with van der Waals surface area (Å²) >= 11 is 3.43. The number of hydrogen-bond acceptors (Lipinski definition) is 3. The van der Waals surface area contributed by atoms with E-state index in [2.05, 4.69) is 21.0 Å². The lowest BCUT2D eigenvalue weighted by atomic mass is 10.1. The van der Waals surface area contributed by atoms with Gasteiger partial charge in [0.1, 0.15) is 12.4 Å². The van der Waals surface area contributed by atoms with Crippen LogP contribution in [0.25, 0.3) is 6.08 Å². The van der Waals surface area contributed by atoms with Crippen molar-refractivity contribution in [1.29, 1.82) is 0 Å². The molecule has 0 radical (unpaired) electrons. The Labute approximate surface area is 178 Å². The fourth-order valence-corrected chi connectivity index (χ4v) is 3.42. The molecule has 29 heavy (non-hydrogen) atoms. The number of ether oxygens (including phenoxy) is 1. The fourth-order valence-electron chi connectivity index (χ4n) is 3.04. The van der Waals surface area contributed by atoms with Crippen molar-refractivity contribution in [2.45, 2.75) is 13.5 Å². The van der Waals surface area contributed by atoms with Crippen LogP contribution < -0.4 is 9.75 Å². The second-order valence-electron chi connectivity index (χ2n) is 6.68. The van der Waals surface area contributed by atoms with Crippen LogP contribution in [0.1, 0.15) is 18.1 Å². The summed E-state index contributed by atoms with van der Waals surface area (Å²) in [4.78, 5) is 12.9. The molecule has 1 aliphatic rings. The number of hydrogen-bond donors (Lipinski definition) is 0. The highest BCUT2D eigenvalue weighted by Gasteiger charge is 2.28. The molecule has 144 valence electrons. The summed E-state index contributed by atoms with van der Waals surface area (Å²) in [6.45, 7) is 2.37. The Morgan fingerprint density at radius 3 is 2.48 bits per heavy atom. The van der Waals surface area contributed by atoms with E-state index in [1.807, 2.05) is 91.9 Å². The lowest BCUT2D eigenvalue weighted by Crippen LogP contribution is -2.21. The molecule has 0 saturated heterocycles. The minimum Gasteiger partial charge on any atom is -0.489 e. The zero-order chi connectivity index (χ0) is 20.2. The molecule has 5 heteroatoms. The van der Waals surface area contributed by atoms with Crippen molar-refractivity contribution in [2.75, 3.05) is 5.01 Å². The fraction of sp³-hybridized carbons (Fsp3) is 0.0833. The zero-order valence-corrected chi connectivity index (χ0v) is 17.5. The van der Waals surface area contributed by atoms with E-state index < -0.39 is 0 Å². The highest BCUT2D eigenvalue weighted by atomic mass is 79.9. The number of anilines is 1. The lowest BCUT2D eigenvalue weighted by Gasteiger charge is -2.11. The van der Waals surface area contributed by atoms with E-state index in [9.17, 15) is 4.79 Å². The Hall–Kier alpha value is -3.18. The molecule has 0 aliphatic carbocycles. The second kappa shape index (κ2) is 8.45. The number of amides is 1. The number of carbonyl (C=O) groups is 1. The first-order valence-corrected chi connectivity index (χ1v) is 10.0. The maximum Gasteiger partial charge on any atom is 0.280 e. The van der Waals surface area contributed by atoms with E-state index in [1.54, 1.807) is 0 Å². The summed E-state index contributed by atoms with van der Waals surface area (Å²) < 4.78 is 6.72. The Morgan fingerprint density at radius 2 is 1.76 bits per heavy atom. The van der Waals surface area contributed by atoms with Crippen molar-refractivity contribution in [2.24, 2.45) is 5.10 Å². The van der Waals surface area contributed by atoms with Crippen LogP contribution in [0.2, 0.25) is 0 Å². The summed E-state index contributed by atoms with van der Waals surface area (Å²) in [5.74, 6) is 0.653. The molecule has 0 spiro atoms. The Bertz CT molecular complexity index is 1090. The van der Waals surface area contributed by atoms with Crippen molar-refractivity contribution in [1.82, 2.24) is 0 Å². The Morgan fingerprint density at radius 1 is 1.00 bits per heavy atom. The van der Waals surface area contributed by atoms with Gasteiger partial charge in [0.05, 0.1) is 17.0 Å². The third-order valence-electron chi connectivity index (χ3n) is 4.55. The summed E-state index contributed by atoms with van der Waals surface area (Å²) in [6.07, 6.45) is 1.86. The molecule has 0 saturated carbocycles. The van der Waals surface area contributed by atoms with Crippen LogP contribution in [-0.2, 0) is 11.4 Å². The molecule has 4 rings (SSSR count). The Kier molecular flexibility index (Phi) is 5.58. The third kappa shape index (κ3) is 4.46. The molecule has 3 aromatic rings. The van der Waals surface area contributed by atoms with Crippen LogP contribution in [0.4, 0.5) is 5.69 Å². The van der Waals surface area contributed by atoms with Gasteiger partial charge < -0.3 is 4.74 Å². The quantitative estimate of drug-likeness (QED) is 0.462. The van der Waals surface area contributed by atoms with Crippen LogP contribution in [0, 0.1) is 0 Å². The van der Waals surface area contributed by atoms with Gasteiger partial charge in [-0.3, -0.25) is 4.79 Å². The summed E-state index contributed by atoms with van der Waals surface area (Å²) in [7, 11) is 0. The standard InChI is InChI=1S/C24H19BrN2O2/c1-17-23(24(28)27(26-17)21-9-5-8-20(25)15-21)14-18-10-12-22(13-11-18)29-16-19-6-3-2-4-7-19/h2-15H,16H2,1H3/b23-14+. The molecule has 1 amide bonds. The molecule has 0 N–H and O–H groups in total. The molecule has 0 aromatic heterocycles. The van der Waals surface area contributed by atoms with Gasteiger partial charge in [0.25, 0.3) is 5.91 Å². The monoisotopic (exact) mass is 446 g/mol. The van der Waals surface area contributed by atoms with Gasteiger partial charge >= 0.3 is 0 Å². The van der Waals surface area contributed by atoms with E-state index in [4.69, 9.17) is 4.74 Å². The molecular formula is C24H19BrN2O2. The maximum absolute atomic E-state index is 12.9. The largest absolute Gasteiger partial charge is 0.489 e. The number of hydrazone groups is 1. The van der Waals surface area contributed by atoms with Crippen molar-refractivity contribution in [3.05, 3.63) is 100 Å². The van der Waals surface area contributed by atoms with Crippen LogP contribution in [0.3, 0.4) is 0 Å². The maximum atomic E-state index is 12.9. The van der Waals surface area contributed by atoms with Gasteiger partial charge in [-0.25, -0.2) is 0 Å². The predicted molar refractivity (Wildman–Crippen MR) is 120 cm³/mol. The van der Waals surface area contributed by atoms with Crippen molar-refractivity contribution >= 4 is 39.3 Å². The topological polar surface area (TPSA) is 41.9 Å². The molecule has 0 bridgehead atoms. The number of carbonyl (C=O) groups excluding carboxylic acids is 1. The lowest BCUT2D eigenvalue weighted by molar-refractivity contribution is -0.114. The smallest absolute Gasteiger partial charge is 0.280 e. The number of benzene rings is 3. The first-order chi connectivity index (χ1) is 14.1. The van der Waals surface area contributed by atoms with E-state index in [0.29, 0.717) is 17.9 Å². The minimum atomic E-state index is -0.134. The molecular weight excluding hydrogens is 428 g/mol. The van der Waals surface area contributed by atoms with E-state index in [-0.39, 0.29) is 5.91 Å². The molecule has 0 fully saturated rings. The molecule has 3 aromatic carbocycles. The molecule has 0 atom stereocenters. The van der Waals surface area contributed by atoms with Crippen molar-refractivity contribution < 1.29 is 9.53 Å². The van der Waals surface area contributed by atoms with Gasteiger partial charge in [-0.05, 0) is 54.5 Å². The van der Waals surface area contributed by atoms with Crippen molar-refractivity contribution in [3.8, 4) is 5.75 Å². The van der Waals surface area contributed by atoms with Gasteiger partial charge in [0, 0.05) is 4.47 Å². The predicted octanol–water partition coefficient (Wildman–Crippen LogP) is 5.83. The van der Waals surface area contributed by atoms with E-state index in [1.165, 1.54) is 5.01 Å². The summed E-state index contributed by atoms with van der Waals surface area (Å²) in [5.41, 5.74) is 4.06. The van der Waals surface area contributed by atoms with Gasteiger partial charge in [-0.2, -0.15) is 10.1 Å². The highest BCUT2D eigenvalue weighted by molar-refractivity contribution is 9.10. The first-order valence-electron chi connectivity index (χ1n) is 9.24. The summed E-state index contributed by atoms with van der Waals surface area (Å²) in [5, 5.41) is 5.86. The average molecular weight is 447 g/mol. The second-order valence-corrected chi connectivity index (χ2v) is 7.60. The molecule has 1 heterocycles. The third-order valence-corrected chi connectivity index (χ3v) is 5.05. The van der Waals surface area contributed by atoms with E-state index in [0.717, 1.165) is 27.0 Å². The average Bonchev–Trinajstić information content (AvgIpc) is 3.02. The SMILES string of the molecule is CC1=NN(c2cccc(Br)c2)C(=O)/C1=C/c1ccc(OCc2ccccc2)cc1. The van der Waals surface area contributed by atoms with E-state index >= 15 is 0 Å². The number of rotatable bonds is 5. The normalized spacial score (nSPS) is 15.0. The summed E-state index contributed by atoms with van der Waals surface area (Å²) in [6, 6.07) is 25.3. The Balaban J connectivity index is 1.48. The highest BCUT2D eigenvalue weighted by Crippen LogP contribution is 2.27. The van der Waals surface area contributed by atoms with Gasteiger partial charge in [-0.15, -0.1) is 0 Å². The zero-order valence-electron chi connectivity index (χ0n) is 15.9. The van der Waals surface area contributed by atoms with Gasteiger partial charge in [0.2, 0.25) is 0 Å². The van der Waals surface area contributed by atoms with Gasteiger partial charge in [0.15, 0.2) is 0 Å². The molecule has 4 nitrogen and oxygen atoms in total. The first kappa shape index (κ1) is 19.2. The van der Waals surface area contributed by atoms with Gasteiger partial charge in [-0.1, -0.05) is 64.5 Å². The van der Waals surface area contributed by atoms with Crippen LogP contribution >= 0.6 is 15.9 Å². The number of halogens is 1. The van der Waals surface area contributed by atoms with Crippen LogP contribution in [0.5, 0.6) is 5.75 Å². The van der Waals surface area contributed by atoms with Crippen LogP contribution in [-0.4, -0.2) is 11.6 Å². The number of nitrogens with zero attached hydrogens (tertiary/aromatic N) is 2. The van der Waals surface area contributed by atoms with Crippen LogP contribution in [0.15, 0.2) is 94.0 Å². The van der Waals surface area contributed by atoms with Crippen molar-refractivity contribution in [3.63, 3.8) is 0 Å². The molecule has 1 aliphatic heterocycles. The minimum absolute atomic E-state index is 0.134. The molecule has 0 unspecified atom stereocenters.